The fraction of sp³-hybridized carbons (Fsp3) is 0.273. The highest BCUT2D eigenvalue weighted by atomic mass is 35.5. The maximum atomic E-state index is 14.6. The Bertz CT molecular complexity index is 1280. The second-order valence-corrected chi connectivity index (χ2v) is 10.0. The van der Waals surface area contributed by atoms with Crippen LogP contribution in [0.3, 0.4) is 0 Å². The van der Waals surface area contributed by atoms with E-state index in [1.165, 1.54) is 25.0 Å². The molecule has 2 aliphatic heterocycles. The fourth-order valence-electron chi connectivity index (χ4n) is 4.94. The van der Waals surface area contributed by atoms with E-state index >= 15 is 0 Å². The summed E-state index contributed by atoms with van der Waals surface area (Å²) in [6, 6.07) is 9.56. The van der Waals surface area contributed by atoms with Crippen molar-refractivity contribution >= 4 is 66.7 Å². The van der Waals surface area contributed by atoms with Crippen LogP contribution in [0.15, 0.2) is 42.5 Å². The maximum absolute atomic E-state index is 14.6. The quantitative estimate of drug-likeness (QED) is 0.406. The maximum Gasteiger partial charge on any atom is 0.349 e. The van der Waals surface area contributed by atoms with E-state index < -0.39 is 40.4 Å². The van der Waals surface area contributed by atoms with Crippen molar-refractivity contribution in [1.29, 1.82) is 0 Å². The molecule has 182 valence electrons. The third kappa shape index (κ3) is 4.03. The van der Waals surface area contributed by atoms with E-state index in [-0.39, 0.29) is 29.9 Å². The standard InChI is InChI=1S/C22H22B4ClF2N3O4/c23-15-16(24)21(25,20(36)32(26)18(15)34)31-9-11-7-10(1-6-14(11)17(31)33)8-30-19(35)22(28,29)12-2-4-13(27)5-3-12/h1-7,15-16H,8-9,23-26H2,(H,30,35)/t15?,16?,21-/m0/s1. The minimum Gasteiger partial charge on any atom is -0.346 e. The summed E-state index contributed by atoms with van der Waals surface area (Å²) in [5.74, 6) is -7.16. The van der Waals surface area contributed by atoms with Gasteiger partial charge in [0.25, 0.3) is 11.8 Å². The zero-order valence-corrected chi connectivity index (χ0v) is 21.0. The molecule has 0 saturated carbocycles. The molecule has 0 aromatic heterocycles. The summed E-state index contributed by atoms with van der Waals surface area (Å²) in [5.41, 5.74) is -0.170. The lowest BCUT2D eigenvalue weighted by Crippen LogP contribution is -2.68. The number of piperidine rings is 1. The highest BCUT2D eigenvalue weighted by Gasteiger charge is 2.56. The number of fused-ring (bicyclic) bond motifs is 1. The summed E-state index contributed by atoms with van der Waals surface area (Å²) >= 11 is 5.74. The molecule has 4 rings (SSSR count). The predicted octanol–water partition coefficient (Wildman–Crippen LogP) is -1.21. The van der Waals surface area contributed by atoms with Crippen LogP contribution in [0.25, 0.3) is 0 Å². The number of hydrogen-bond donors (Lipinski definition) is 1. The van der Waals surface area contributed by atoms with Crippen molar-refractivity contribution in [1.82, 2.24) is 15.0 Å². The van der Waals surface area contributed by atoms with Crippen LogP contribution in [0.5, 0.6) is 0 Å². The van der Waals surface area contributed by atoms with Gasteiger partial charge in [0.2, 0.25) is 19.8 Å². The average molecular weight is 509 g/mol. The molecule has 4 amide bonds. The highest BCUT2D eigenvalue weighted by molar-refractivity contribution is 6.47. The van der Waals surface area contributed by atoms with Crippen LogP contribution in [0.1, 0.15) is 27.0 Å². The molecule has 2 aromatic rings. The largest absolute Gasteiger partial charge is 0.349 e. The Morgan fingerprint density at radius 1 is 1.14 bits per heavy atom. The smallest absolute Gasteiger partial charge is 0.346 e. The minimum absolute atomic E-state index is 0.123. The van der Waals surface area contributed by atoms with E-state index in [2.05, 4.69) is 5.32 Å². The van der Waals surface area contributed by atoms with Gasteiger partial charge in [0.15, 0.2) is 0 Å². The van der Waals surface area contributed by atoms with Gasteiger partial charge in [-0.2, -0.15) is 8.78 Å². The van der Waals surface area contributed by atoms with Gasteiger partial charge in [-0.3, -0.25) is 19.2 Å². The summed E-state index contributed by atoms with van der Waals surface area (Å²) < 4.78 is 29.1. The third-order valence-electron chi connectivity index (χ3n) is 7.57. The van der Waals surface area contributed by atoms with Crippen LogP contribution in [-0.4, -0.2) is 70.3 Å². The molecule has 2 aromatic carbocycles. The Morgan fingerprint density at radius 3 is 2.42 bits per heavy atom. The van der Waals surface area contributed by atoms with Crippen molar-refractivity contribution in [3.05, 3.63) is 69.7 Å². The summed E-state index contributed by atoms with van der Waals surface area (Å²) in [5, 5.41) is 2.53. The number of hydrogen-bond acceptors (Lipinski definition) is 4. The van der Waals surface area contributed by atoms with Crippen LogP contribution >= 0.6 is 11.6 Å². The van der Waals surface area contributed by atoms with Crippen molar-refractivity contribution in [3.8, 4) is 0 Å². The monoisotopic (exact) mass is 509 g/mol. The Hall–Kier alpha value is -3.07. The van der Waals surface area contributed by atoms with Crippen LogP contribution in [-0.2, 0) is 33.4 Å². The van der Waals surface area contributed by atoms with Crippen LogP contribution in [0.4, 0.5) is 8.78 Å². The van der Waals surface area contributed by atoms with Gasteiger partial charge in [-0.25, -0.2) is 0 Å². The van der Waals surface area contributed by atoms with Crippen molar-refractivity contribution in [2.24, 2.45) is 0 Å². The molecule has 1 fully saturated rings. The van der Waals surface area contributed by atoms with E-state index in [1.807, 2.05) is 0 Å². The van der Waals surface area contributed by atoms with Crippen molar-refractivity contribution in [2.75, 3.05) is 0 Å². The molecule has 2 unspecified atom stereocenters. The highest BCUT2D eigenvalue weighted by Crippen LogP contribution is 2.43. The van der Waals surface area contributed by atoms with E-state index in [0.717, 1.165) is 16.9 Å². The number of imide groups is 1. The Balaban J connectivity index is 1.51. The molecular weight excluding hydrogens is 487 g/mol. The molecule has 2 heterocycles. The zero-order valence-electron chi connectivity index (χ0n) is 20.3. The lowest BCUT2D eigenvalue weighted by Gasteiger charge is -2.50. The topological polar surface area (TPSA) is 86.8 Å². The normalized spacial score (nSPS) is 24.1. The Kier molecular flexibility index (Phi) is 6.58. The predicted molar refractivity (Wildman–Crippen MR) is 140 cm³/mol. The number of benzene rings is 2. The lowest BCUT2D eigenvalue weighted by atomic mass is 9.48. The molecule has 3 atom stereocenters. The first kappa shape index (κ1) is 26.0. The van der Waals surface area contributed by atoms with E-state index in [4.69, 9.17) is 11.6 Å². The van der Waals surface area contributed by atoms with Gasteiger partial charge in [0, 0.05) is 35.1 Å². The second-order valence-electron chi connectivity index (χ2n) is 9.57. The van der Waals surface area contributed by atoms with Crippen molar-refractivity contribution in [3.63, 3.8) is 0 Å². The first-order chi connectivity index (χ1) is 16.8. The number of nitrogens with one attached hydrogen (secondary N) is 1. The molecule has 14 heteroatoms. The molecule has 0 bridgehead atoms. The van der Waals surface area contributed by atoms with Crippen LogP contribution < -0.4 is 5.32 Å². The number of halogens is 3. The zero-order chi connectivity index (χ0) is 26.6. The van der Waals surface area contributed by atoms with E-state index in [9.17, 15) is 28.0 Å². The number of nitrogens with zero attached hydrogens (tertiary/aromatic N) is 2. The molecule has 36 heavy (non-hydrogen) atoms. The molecular formula is C22H22B4ClF2N3O4. The number of rotatable bonds is 5. The number of alkyl halides is 2. The summed E-state index contributed by atoms with van der Waals surface area (Å²) in [7, 11) is 6.61. The van der Waals surface area contributed by atoms with Gasteiger partial charge >= 0.3 is 5.92 Å². The molecule has 1 N–H and O–H groups in total. The number of carbonyl (C=O) groups excluding carboxylic acids is 4. The fourth-order valence-corrected chi connectivity index (χ4v) is 5.07. The second kappa shape index (κ2) is 9.10. The lowest BCUT2D eigenvalue weighted by molar-refractivity contribution is -0.148. The summed E-state index contributed by atoms with van der Waals surface area (Å²) in [6.07, 6.45) is 0. The van der Waals surface area contributed by atoms with Gasteiger partial charge in [-0.05, 0) is 35.1 Å². The molecule has 0 radical (unpaired) electrons. The first-order valence-corrected chi connectivity index (χ1v) is 11.9. The first-order valence-electron chi connectivity index (χ1n) is 11.5. The van der Waals surface area contributed by atoms with Gasteiger partial charge in [-0.1, -0.05) is 35.9 Å². The van der Waals surface area contributed by atoms with Crippen molar-refractivity contribution in [2.45, 2.75) is 36.1 Å². The SMILES string of the molecule is BC1C(=O)N(B)C(=O)[C@@](B)(N2Cc3cc(CNC(=O)C(F)(F)c4ccc(Cl)cc4)ccc3C2=O)C1B. The van der Waals surface area contributed by atoms with Gasteiger partial charge in [-0.15, -0.1) is 0 Å². The van der Waals surface area contributed by atoms with E-state index in [0.29, 0.717) is 16.7 Å². The number of amides is 4. The average Bonchev–Trinajstić information content (AvgIpc) is 3.19. The molecule has 7 nitrogen and oxygen atoms in total. The third-order valence-corrected chi connectivity index (χ3v) is 7.83. The molecule has 0 aliphatic carbocycles. The van der Waals surface area contributed by atoms with Crippen LogP contribution in [0.2, 0.25) is 16.7 Å². The van der Waals surface area contributed by atoms with Gasteiger partial charge < -0.3 is 15.0 Å². The summed E-state index contributed by atoms with van der Waals surface area (Å²) in [4.78, 5) is 53.6. The molecule has 2 aliphatic rings. The van der Waals surface area contributed by atoms with Crippen LogP contribution in [0, 0.1) is 0 Å². The van der Waals surface area contributed by atoms with Gasteiger partial charge in [0.05, 0.1) is 5.44 Å². The number of carbonyl (C=O) groups is 4. The van der Waals surface area contributed by atoms with E-state index in [1.54, 1.807) is 41.7 Å². The van der Waals surface area contributed by atoms with Crippen molar-refractivity contribution < 1.29 is 28.0 Å². The summed E-state index contributed by atoms with van der Waals surface area (Å²) in [6.45, 7) is -0.0530. The minimum atomic E-state index is -3.75. The Labute approximate surface area is 215 Å². The molecule has 0 spiro atoms. The van der Waals surface area contributed by atoms with Gasteiger partial charge in [0.1, 0.15) is 23.5 Å². The molecule has 1 saturated heterocycles. The Morgan fingerprint density at radius 2 is 1.78 bits per heavy atom.